The first-order valence-electron chi connectivity index (χ1n) is 9.86. The van der Waals surface area contributed by atoms with Crippen LogP contribution < -0.4 is 4.74 Å². The minimum absolute atomic E-state index is 0.311. The van der Waals surface area contributed by atoms with Crippen LogP contribution in [-0.4, -0.2) is 31.0 Å². The highest BCUT2D eigenvalue weighted by Crippen LogP contribution is 2.65. The first-order valence-corrected chi connectivity index (χ1v) is 9.86. The zero-order chi connectivity index (χ0) is 18.3. The molecule has 2 fully saturated rings. The number of nitrogens with zero attached hydrogens (tertiary/aromatic N) is 1. The van der Waals surface area contributed by atoms with E-state index in [-0.39, 0.29) is 5.97 Å². The Kier molecular flexibility index (Phi) is 4.52. The number of allylic oxidation sites excluding steroid dienone is 3. The first kappa shape index (κ1) is 17.5. The van der Waals surface area contributed by atoms with Gasteiger partial charge in [0.25, 0.3) is 0 Å². The molecule has 1 spiro atoms. The summed E-state index contributed by atoms with van der Waals surface area (Å²) in [6.07, 6.45) is 13.3. The van der Waals surface area contributed by atoms with Crippen LogP contribution >= 0.6 is 0 Å². The maximum atomic E-state index is 12.0. The van der Waals surface area contributed by atoms with E-state index in [9.17, 15) is 4.79 Å². The maximum absolute atomic E-state index is 12.0. The third-order valence-corrected chi connectivity index (χ3v) is 6.85. The number of hydrogen-bond donors (Lipinski definition) is 0. The predicted octanol–water partition coefficient (Wildman–Crippen LogP) is 4.27. The van der Waals surface area contributed by atoms with Gasteiger partial charge in [0.1, 0.15) is 5.75 Å². The molecule has 26 heavy (non-hydrogen) atoms. The van der Waals surface area contributed by atoms with E-state index in [4.69, 9.17) is 4.74 Å². The normalized spacial score (nSPS) is 32.4. The van der Waals surface area contributed by atoms with Crippen molar-refractivity contribution in [2.45, 2.75) is 50.5 Å². The summed E-state index contributed by atoms with van der Waals surface area (Å²) in [7, 11) is 4.45. The summed E-state index contributed by atoms with van der Waals surface area (Å²) in [6.45, 7) is 1.92. The van der Waals surface area contributed by atoms with Crippen LogP contribution in [0, 0.1) is 11.8 Å². The molecule has 0 N–H and O–H groups in total. The molecule has 2 bridgehead atoms. The number of carbonyl (C=O) groups excluding carboxylic acids is 1. The van der Waals surface area contributed by atoms with Crippen molar-refractivity contribution in [2.75, 3.05) is 14.1 Å². The molecule has 1 unspecified atom stereocenters. The highest BCUT2D eigenvalue weighted by Gasteiger charge is 2.61. The van der Waals surface area contributed by atoms with Gasteiger partial charge in [-0.05, 0) is 75.4 Å². The topological polar surface area (TPSA) is 29.5 Å². The molecule has 1 aromatic rings. The lowest BCUT2D eigenvalue weighted by Crippen LogP contribution is -2.64. The molecule has 2 saturated carbocycles. The molecular formula is C23H29NO2. The Morgan fingerprint density at radius 3 is 2.88 bits per heavy atom. The third kappa shape index (κ3) is 2.73. The lowest BCUT2D eigenvalue weighted by molar-refractivity contribution is -0.129. The molecule has 0 heterocycles. The number of likely N-dealkylation sites (N-methyl/N-ethyl adjacent to an activating group) is 1. The van der Waals surface area contributed by atoms with Gasteiger partial charge in [0, 0.05) is 17.5 Å². The van der Waals surface area contributed by atoms with Gasteiger partial charge < -0.3 is 9.64 Å². The van der Waals surface area contributed by atoms with Crippen LogP contribution in [0.5, 0.6) is 5.75 Å². The molecule has 4 rings (SSSR count). The van der Waals surface area contributed by atoms with Crippen LogP contribution in [0.4, 0.5) is 0 Å². The van der Waals surface area contributed by atoms with E-state index in [0.717, 1.165) is 18.3 Å². The lowest BCUT2D eigenvalue weighted by atomic mass is 9.40. The molecule has 0 aromatic heterocycles. The molecular weight excluding hydrogens is 322 g/mol. The Morgan fingerprint density at radius 2 is 2.15 bits per heavy atom. The molecule has 0 amide bonds. The second kappa shape index (κ2) is 6.70. The van der Waals surface area contributed by atoms with E-state index in [0.29, 0.717) is 17.2 Å². The fourth-order valence-electron chi connectivity index (χ4n) is 5.87. The van der Waals surface area contributed by atoms with Crippen molar-refractivity contribution < 1.29 is 9.53 Å². The average Bonchev–Trinajstić information content (AvgIpc) is 2.62. The molecule has 4 atom stereocenters. The molecule has 0 aliphatic heterocycles. The van der Waals surface area contributed by atoms with E-state index < -0.39 is 0 Å². The van der Waals surface area contributed by atoms with Gasteiger partial charge in [-0.15, -0.1) is 0 Å². The first-order chi connectivity index (χ1) is 12.5. The summed E-state index contributed by atoms with van der Waals surface area (Å²) in [5.41, 5.74) is 3.22. The highest BCUT2D eigenvalue weighted by molar-refractivity contribution is 5.84. The van der Waals surface area contributed by atoms with Gasteiger partial charge >= 0.3 is 5.97 Å². The summed E-state index contributed by atoms with van der Waals surface area (Å²) >= 11 is 0. The summed E-state index contributed by atoms with van der Waals surface area (Å²) in [6, 6.07) is 6.95. The van der Waals surface area contributed by atoms with E-state index in [1.165, 1.54) is 42.9 Å². The lowest BCUT2D eigenvalue weighted by Gasteiger charge is -2.66. The Hall–Kier alpha value is -1.87. The van der Waals surface area contributed by atoms with Gasteiger partial charge in [-0.3, -0.25) is 0 Å². The van der Waals surface area contributed by atoms with Gasteiger partial charge in [0.15, 0.2) is 0 Å². The number of hydrogen-bond acceptors (Lipinski definition) is 3. The minimum Gasteiger partial charge on any atom is -0.423 e. The second-order valence-corrected chi connectivity index (χ2v) is 8.40. The smallest absolute Gasteiger partial charge is 0.336 e. The third-order valence-electron chi connectivity index (χ3n) is 6.85. The Labute approximate surface area is 156 Å². The molecule has 3 nitrogen and oxygen atoms in total. The SMILES string of the molecule is C/C=C/C=C/C(=O)Oc1ccc2c(c1)[C@@]13CCCC(C1)[C@@H]3[C@@H](N(C)C)C2. The quantitative estimate of drug-likeness (QED) is 0.351. The number of carbonyl (C=O) groups is 1. The number of esters is 1. The fraction of sp³-hybridized carbons (Fsp3) is 0.522. The van der Waals surface area contributed by atoms with Crippen molar-refractivity contribution in [3.05, 3.63) is 53.6 Å². The number of benzene rings is 1. The van der Waals surface area contributed by atoms with Crippen LogP contribution in [0.2, 0.25) is 0 Å². The van der Waals surface area contributed by atoms with Crippen molar-refractivity contribution in [3.8, 4) is 5.75 Å². The Bertz CT molecular complexity index is 759. The van der Waals surface area contributed by atoms with Crippen molar-refractivity contribution in [3.63, 3.8) is 0 Å². The Balaban J connectivity index is 1.63. The van der Waals surface area contributed by atoms with E-state index in [1.807, 2.05) is 25.1 Å². The fourth-order valence-corrected chi connectivity index (χ4v) is 5.87. The molecule has 3 heteroatoms. The van der Waals surface area contributed by atoms with Crippen molar-refractivity contribution in [2.24, 2.45) is 11.8 Å². The van der Waals surface area contributed by atoms with Gasteiger partial charge in [-0.25, -0.2) is 4.79 Å². The summed E-state index contributed by atoms with van der Waals surface area (Å²) in [5.74, 6) is 2.01. The molecule has 3 aliphatic carbocycles. The van der Waals surface area contributed by atoms with Crippen LogP contribution in [0.25, 0.3) is 0 Å². The van der Waals surface area contributed by atoms with Gasteiger partial charge in [0.05, 0.1) is 0 Å². The van der Waals surface area contributed by atoms with Gasteiger partial charge in [0.2, 0.25) is 0 Å². The van der Waals surface area contributed by atoms with Crippen molar-refractivity contribution >= 4 is 5.97 Å². The molecule has 0 radical (unpaired) electrons. The minimum atomic E-state index is -0.311. The summed E-state index contributed by atoms with van der Waals surface area (Å²) < 4.78 is 5.57. The number of fused-ring (bicyclic) bond motifs is 3. The standard InChI is InChI=1S/C23H29NO2/c1-4-5-6-9-21(25)26-18-11-10-16-13-20(24(2)3)22-17-8-7-12-23(22,15-17)19(16)14-18/h4-6,9-11,14,17,20,22H,7-8,12-13,15H2,1-3H3/b5-4+,9-6+/t17?,20-,22+,23+/m0/s1. The Morgan fingerprint density at radius 1 is 1.31 bits per heavy atom. The molecule has 138 valence electrons. The summed E-state index contributed by atoms with van der Waals surface area (Å²) in [5, 5.41) is 0. The summed E-state index contributed by atoms with van der Waals surface area (Å²) in [4.78, 5) is 14.4. The molecule has 3 aliphatic rings. The maximum Gasteiger partial charge on any atom is 0.336 e. The van der Waals surface area contributed by atoms with Crippen molar-refractivity contribution in [1.29, 1.82) is 0 Å². The number of rotatable bonds is 4. The van der Waals surface area contributed by atoms with Crippen LogP contribution in [-0.2, 0) is 16.6 Å². The van der Waals surface area contributed by atoms with Gasteiger partial charge in [-0.1, -0.05) is 37.1 Å². The van der Waals surface area contributed by atoms with Crippen LogP contribution in [0.3, 0.4) is 0 Å². The van der Waals surface area contributed by atoms with E-state index in [1.54, 1.807) is 6.08 Å². The average molecular weight is 351 g/mol. The molecule has 0 saturated heterocycles. The highest BCUT2D eigenvalue weighted by atomic mass is 16.5. The van der Waals surface area contributed by atoms with Gasteiger partial charge in [-0.2, -0.15) is 0 Å². The predicted molar refractivity (Wildman–Crippen MR) is 104 cm³/mol. The largest absolute Gasteiger partial charge is 0.423 e. The second-order valence-electron chi connectivity index (χ2n) is 8.40. The van der Waals surface area contributed by atoms with E-state index >= 15 is 0 Å². The van der Waals surface area contributed by atoms with E-state index in [2.05, 4.69) is 31.1 Å². The van der Waals surface area contributed by atoms with Crippen molar-refractivity contribution in [1.82, 2.24) is 4.90 Å². The van der Waals surface area contributed by atoms with Crippen LogP contribution in [0.1, 0.15) is 43.7 Å². The van der Waals surface area contributed by atoms with Crippen LogP contribution in [0.15, 0.2) is 42.5 Å². The number of ether oxygens (including phenoxy) is 1. The zero-order valence-corrected chi connectivity index (χ0v) is 16.1. The monoisotopic (exact) mass is 351 g/mol. The zero-order valence-electron chi connectivity index (χ0n) is 16.1. The molecule has 1 aromatic carbocycles.